The summed E-state index contributed by atoms with van der Waals surface area (Å²) in [5, 5.41) is 8.99. The quantitative estimate of drug-likeness (QED) is 0.497. The molecule has 0 saturated heterocycles. The molecule has 0 unspecified atom stereocenters. The Morgan fingerprint density at radius 1 is 1.20 bits per heavy atom. The molecule has 20 heavy (non-hydrogen) atoms. The van der Waals surface area contributed by atoms with Gasteiger partial charge in [0.05, 0.1) is 16.3 Å². The minimum atomic E-state index is 0.476. The molecule has 1 fully saturated rings. The van der Waals surface area contributed by atoms with Crippen molar-refractivity contribution in [3.8, 4) is 0 Å². The van der Waals surface area contributed by atoms with Crippen LogP contribution >= 0.6 is 35.4 Å². The standard InChI is InChI=1S/C14H17Cl2N3S/c15-12-7-6-10(8-13(12)16)9-17-19-14(20)18-11-4-2-1-3-5-11/h6-9,11H,1-5H2,(H2,18,19,20)/b17-9-. The van der Waals surface area contributed by atoms with Gasteiger partial charge < -0.3 is 5.32 Å². The summed E-state index contributed by atoms with van der Waals surface area (Å²) < 4.78 is 0. The molecule has 3 nitrogen and oxygen atoms in total. The van der Waals surface area contributed by atoms with Crippen molar-refractivity contribution in [3.63, 3.8) is 0 Å². The van der Waals surface area contributed by atoms with E-state index in [2.05, 4.69) is 15.8 Å². The summed E-state index contributed by atoms with van der Waals surface area (Å²) in [6, 6.07) is 5.82. The van der Waals surface area contributed by atoms with Crippen LogP contribution in [0.5, 0.6) is 0 Å². The van der Waals surface area contributed by atoms with Crippen molar-refractivity contribution in [1.29, 1.82) is 0 Å². The first kappa shape index (κ1) is 15.5. The van der Waals surface area contributed by atoms with Crippen molar-refractivity contribution in [1.82, 2.24) is 10.7 Å². The van der Waals surface area contributed by atoms with Crippen LogP contribution in [0.25, 0.3) is 0 Å². The first-order valence-electron chi connectivity index (χ1n) is 6.70. The van der Waals surface area contributed by atoms with Crippen molar-refractivity contribution in [2.24, 2.45) is 5.10 Å². The SMILES string of the molecule is S=C(N/N=C\c1ccc(Cl)c(Cl)c1)NC1CCCCC1. The zero-order valence-corrected chi connectivity index (χ0v) is 13.4. The molecule has 0 atom stereocenters. The Kier molecular flexibility index (Phi) is 6.07. The van der Waals surface area contributed by atoms with Crippen LogP contribution in [0.2, 0.25) is 10.0 Å². The maximum Gasteiger partial charge on any atom is 0.187 e. The summed E-state index contributed by atoms with van der Waals surface area (Å²) in [6.07, 6.45) is 7.89. The summed E-state index contributed by atoms with van der Waals surface area (Å²) in [7, 11) is 0. The molecule has 2 rings (SSSR count). The highest BCUT2D eigenvalue weighted by atomic mass is 35.5. The number of hydrazone groups is 1. The fraction of sp³-hybridized carbons (Fsp3) is 0.429. The van der Waals surface area contributed by atoms with Crippen LogP contribution in [0.15, 0.2) is 23.3 Å². The van der Waals surface area contributed by atoms with E-state index in [1.807, 2.05) is 6.07 Å². The number of benzene rings is 1. The molecule has 6 heteroatoms. The summed E-state index contributed by atoms with van der Waals surface area (Å²) in [6.45, 7) is 0. The smallest absolute Gasteiger partial charge is 0.187 e. The number of rotatable bonds is 3. The normalized spacial score (nSPS) is 16.3. The Labute approximate surface area is 134 Å². The van der Waals surface area contributed by atoms with Gasteiger partial charge in [0.25, 0.3) is 0 Å². The molecule has 0 radical (unpaired) electrons. The first-order chi connectivity index (χ1) is 9.65. The van der Waals surface area contributed by atoms with Crippen LogP contribution in [0.1, 0.15) is 37.7 Å². The minimum absolute atomic E-state index is 0.476. The van der Waals surface area contributed by atoms with E-state index in [1.54, 1.807) is 18.3 Å². The third-order valence-corrected chi connectivity index (χ3v) is 4.21. The summed E-state index contributed by atoms with van der Waals surface area (Å²) >= 11 is 17.0. The maximum atomic E-state index is 5.93. The fourth-order valence-corrected chi connectivity index (χ4v) is 2.75. The van der Waals surface area contributed by atoms with Crippen LogP contribution in [-0.4, -0.2) is 17.4 Å². The van der Waals surface area contributed by atoms with Crippen molar-refractivity contribution < 1.29 is 0 Å². The van der Waals surface area contributed by atoms with Gasteiger partial charge in [-0.3, -0.25) is 5.43 Å². The van der Waals surface area contributed by atoms with Crippen molar-refractivity contribution in [2.45, 2.75) is 38.1 Å². The molecule has 1 aliphatic carbocycles. The Hall–Kier alpha value is -0.840. The van der Waals surface area contributed by atoms with E-state index in [1.165, 1.54) is 32.1 Å². The van der Waals surface area contributed by atoms with Crippen molar-refractivity contribution >= 4 is 46.7 Å². The number of thiocarbonyl (C=S) groups is 1. The Morgan fingerprint density at radius 2 is 1.95 bits per heavy atom. The molecule has 1 saturated carbocycles. The van der Waals surface area contributed by atoms with E-state index in [-0.39, 0.29) is 0 Å². The van der Waals surface area contributed by atoms with Crippen LogP contribution < -0.4 is 10.7 Å². The van der Waals surface area contributed by atoms with Crippen LogP contribution in [0.3, 0.4) is 0 Å². The lowest BCUT2D eigenvalue weighted by Crippen LogP contribution is -2.40. The van der Waals surface area contributed by atoms with Gasteiger partial charge >= 0.3 is 0 Å². The van der Waals surface area contributed by atoms with Gasteiger partial charge in [-0.15, -0.1) is 0 Å². The predicted molar refractivity (Wildman–Crippen MR) is 89.8 cm³/mol. The molecule has 1 aromatic carbocycles. The average molecular weight is 330 g/mol. The Morgan fingerprint density at radius 3 is 2.65 bits per heavy atom. The molecule has 0 aromatic heterocycles. The third-order valence-electron chi connectivity index (χ3n) is 3.26. The van der Waals surface area contributed by atoms with Crippen molar-refractivity contribution in [2.75, 3.05) is 0 Å². The lowest BCUT2D eigenvalue weighted by Gasteiger charge is -2.23. The Balaban J connectivity index is 1.79. The predicted octanol–water partition coefficient (Wildman–Crippen LogP) is 4.12. The average Bonchev–Trinajstić information content (AvgIpc) is 2.44. The highest BCUT2D eigenvalue weighted by molar-refractivity contribution is 7.80. The number of hydrogen-bond acceptors (Lipinski definition) is 2. The zero-order chi connectivity index (χ0) is 14.4. The van der Waals surface area contributed by atoms with E-state index >= 15 is 0 Å². The highest BCUT2D eigenvalue weighted by Gasteiger charge is 2.13. The lowest BCUT2D eigenvalue weighted by atomic mass is 9.96. The van der Waals surface area contributed by atoms with Gasteiger partial charge in [0.15, 0.2) is 5.11 Å². The van der Waals surface area contributed by atoms with Gasteiger partial charge in [-0.05, 0) is 42.8 Å². The molecular weight excluding hydrogens is 313 g/mol. The second kappa shape index (κ2) is 7.81. The van der Waals surface area contributed by atoms with E-state index in [0.29, 0.717) is 21.2 Å². The molecule has 0 heterocycles. The number of hydrogen-bond donors (Lipinski definition) is 2. The fourth-order valence-electron chi connectivity index (χ4n) is 2.22. The maximum absolute atomic E-state index is 5.93. The van der Waals surface area contributed by atoms with E-state index in [9.17, 15) is 0 Å². The Bertz CT molecular complexity index is 499. The highest BCUT2D eigenvalue weighted by Crippen LogP contribution is 2.21. The van der Waals surface area contributed by atoms with Gasteiger partial charge in [-0.1, -0.05) is 48.5 Å². The molecule has 0 spiro atoms. The van der Waals surface area contributed by atoms with Crippen molar-refractivity contribution in [3.05, 3.63) is 33.8 Å². The van der Waals surface area contributed by atoms with Gasteiger partial charge in [-0.2, -0.15) is 5.10 Å². The summed E-state index contributed by atoms with van der Waals surface area (Å²) in [5.74, 6) is 0. The minimum Gasteiger partial charge on any atom is -0.359 e. The molecular formula is C14H17Cl2N3S. The van der Waals surface area contributed by atoms with E-state index in [4.69, 9.17) is 35.4 Å². The van der Waals surface area contributed by atoms with Gasteiger partial charge in [0.1, 0.15) is 0 Å². The molecule has 108 valence electrons. The van der Waals surface area contributed by atoms with Gasteiger partial charge in [-0.25, -0.2) is 0 Å². The van der Waals surface area contributed by atoms with Crippen LogP contribution in [-0.2, 0) is 0 Å². The topological polar surface area (TPSA) is 36.4 Å². The molecule has 1 aromatic rings. The third kappa shape index (κ3) is 4.93. The van der Waals surface area contributed by atoms with Crippen LogP contribution in [0, 0.1) is 0 Å². The number of nitrogens with zero attached hydrogens (tertiary/aromatic N) is 1. The number of halogens is 2. The lowest BCUT2D eigenvalue weighted by molar-refractivity contribution is 0.412. The molecule has 2 N–H and O–H groups in total. The largest absolute Gasteiger partial charge is 0.359 e. The molecule has 0 amide bonds. The monoisotopic (exact) mass is 329 g/mol. The van der Waals surface area contributed by atoms with E-state index in [0.717, 1.165) is 5.56 Å². The van der Waals surface area contributed by atoms with Gasteiger partial charge in [0.2, 0.25) is 0 Å². The molecule has 0 aliphatic heterocycles. The number of nitrogens with one attached hydrogen (secondary N) is 2. The zero-order valence-electron chi connectivity index (χ0n) is 11.0. The van der Waals surface area contributed by atoms with Gasteiger partial charge in [0, 0.05) is 6.04 Å². The second-order valence-electron chi connectivity index (χ2n) is 4.85. The summed E-state index contributed by atoms with van der Waals surface area (Å²) in [5.41, 5.74) is 3.69. The second-order valence-corrected chi connectivity index (χ2v) is 6.07. The van der Waals surface area contributed by atoms with Crippen LogP contribution in [0.4, 0.5) is 0 Å². The molecule has 1 aliphatic rings. The summed E-state index contributed by atoms with van der Waals surface area (Å²) in [4.78, 5) is 0. The molecule has 0 bridgehead atoms. The van der Waals surface area contributed by atoms with E-state index < -0.39 is 0 Å². The first-order valence-corrected chi connectivity index (χ1v) is 7.86.